The van der Waals surface area contributed by atoms with E-state index in [1.807, 2.05) is 36.1 Å². The smallest absolute Gasteiger partial charge is 0.335 e. The van der Waals surface area contributed by atoms with E-state index in [1.165, 1.54) is 6.07 Å². The van der Waals surface area contributed by atoms with Gasteiger partial charge in [0.05, 0.1) is 11.3 Å². The summed E-state index contributed by atoms with van der Waals surface area (Å²) in [6.45, 7) is 4.72. The summed E-state index contributed by atoms with van der Waals surface area (Å²) in [6.07, 6.45) is 1.12. The second-order valence-electron chi connectivity index (χ2n) is 8.92. The van der Waals surface area contributed by atoms with Crippen molar-refractivity contribution in [3.63, 3.8) is 0 Å². The van der Waals surface area contributed by atoms with Gasteiger partial charge in [0.2, 0.25) is 0 Å². The lowest BCUT2D eigenvalue weighted by Gasteiger charge is -2.40. The van der Waals surface area contributed by atoms with Crippen LogP contribution in [0.15, 0.2) is 54.9 Å². The quantitative estimate of drug-likeness (QED) is 0.479. The van der Waals surface area contributed by atoms with Crippen LogP contribution in [0.2, 0.25) is 0 Å². The SMILES string of the molecule is Cc1ccc(-c2cccnn2)c(C(=O)N2CCC[C@@H](C)[C@H]2CCc2ccc(C(F)(F)F)cn2)c1. The van der Waals surface area contributed by atoms with Gasteiger partial charge in [-0.3, -0.25) is 9.78 Å². The van der Waals surface area contributed by atoms with E-state index in [0.29, 0.717) is 36.3 Å². The minimum Gasteiger partial charge on any atom is -0.335 e. The molecule has 1 aliphatic heterocycles. The van der Waals surface area contributed by atoms with Crippen molar-refractivity contribution < 1.29 is 18.0 Å². The van der Waals surface area contributed by atoms with Gasteiger partial charge in [0.1, 0.15) is 0 Å². The van der Waals surface area contributed by atoms with Gasteiger partial charge in [0.25, 0.3) is 5.91 Å². The van der Waals surface area contributed by atoms with Crippen LogP contribution in [0.4, 0.5) is 13.2 Å². The molecule has 2 aromatic heterocycles. The average molecular weight is 469 g/mol. The Labute approximate surface area is 197 Å². The predicted octanol–water partition coefficient (Wildman–Crippen LogP) is 5.74. The zero-order chi connectivity index (χ0) is 24.3. The van der Waals surface area contributed by atoms with Crippen molar-refractivity contribution in [2.75, 3.05) is 6.54 Å². The topological polar surface area (TPSA) is 59.0 Å². The third-order valence-corrected chi connectivity index (χ3v) is 6.48. The van der Waals surface area contributed by atoms with Gasteiger partial charge in [-0.25, -0.2) is 0 Å². The number of amides is 1. The number of carbonyl (C=O) groups excluding carboxylic acids is 1. The summed E-state index contributed by atoms with van der Waals surface area (Å²) >= 11 is 0. The highest BCUT2D eigenvalue weighted by atomic mass is 19.4. The molecule has 3 heterocycles. The molecule has 178 valence electrons. The van der Waals surface area contributed by atoms with Gasteiger partial charge >= 0.3 is 6.18 Å². The summed E-state index contributed by atoms with van der Waals surface area (Å²) in [6, 6.07) is 11.8. The molecule has 1 fully saturated rings. The highest BCUT2D eigenvalue weighted by molar-refractivity contribution is 6.01. The molecule has 1 saturated heterocycles. The number of pyridine rings is 1. The van der Waals surface area contributed by atoms with E-state index in [-0.39, 0.29) is 17.9 Å². The molecule has 0 aliphatic carbocycles. The van der Waals surface area contributed by atoms with Crippen molar-refractivity contribution in [3.05, 3.63) is 77.2 Å². The monoisotopic (exact) mass is 468 g/mol. The lowest BCUT2D eigenvalue weighted by Crippen LogP contribution is -2.48. The third-order valence-electron chi connectivity index (χ3n) is 6.48. The van der Waals surface area contributed by atoms with Crippen molar-refractivity contribution >= 4 is 5.91 Å². The van der Waals surface area contributed by atoms with Gasteiger partial charge in [-0.05, 0) is 68.9 Å². The fraction of sp³-hybridized carbons (Fsp3) is 0.385. The number of carbonyl (C=O) groups is 1. The lowest BCUT2D eigenvalue weighted by atomic mass is 9.86. The number of piperidine rings is 1. The molecule has 1 aromatic carbocycles. The standard InChI is InChI=1S/C26H27F3N4O/c1-17-7-11-21(23-6-3-13-31-32-23)22(15-17)25(34)33-14-4-5-18(2)24(33)12-10-20-9-8-19(16-30-20)26(27,28)29/h3,6-9,11,13,15-16,18,24H,4-5,10,12,14H2,1-2H3/t18-,24-/m1/s1. The van der Waals surface area contributed by atoms with Crippen LogP contribution < -0.4 is 0 Å². The van der Waals surface area contributed by atoms with Gasteiger partial charge in [-0.15, -0.1) is 0 Å². The first kappa shape index (κ1) is 23.9. The molecule has 1 amide bonds. The number of hydrogen-bond donors (Lipinski definition) is 0. The number of aromatic nitrogens is 3. The Morgan fingerprint density at radius 3 is 2.68 bits per heavy atom. The predicted molar refractivity (Wildman–Crippen MR) is 123 cm³/mol. The first-order valence-corrected chi connectivity index (χ1v) is 11.5. The second-order valence-corrected chi connectivity index (χ2v) is 8.92. The highest BCUT2D eigenvalue weighted by Gasteiger charge is 2.34. The van der Waals surface area contributed by atoms with Gasteiger partial charge in [0.15, 0.2) is 0 Å². The number of hydrogen-bond acceptors (Lipinski definition) is 4. The van der Waals surface area contributed by atoms with Crippen LogP contribution in [-0.4, -0.2) is 38.6 Å². The van der Waals surface area contributed by atoms with Crippen LogP contribution in [0.5, 0.6) is 0 Å². The van der Waals surface area contributed by atoms with Gasteiger partial charge < -0.3 is 4.90 Å². The van der Waals surface area contributed by atoms with Crippen LogP contribution in [0.1, 0.15) is 53.4 Å². The Kier molecular flexibility index (Phi) is 6.95. The summed E-state index contributed by atoms with van der Waals surface area (Å²) in [5.41, 5.74) is 2.79. The molecule has 0 N–H and O–H groups in total. The Morgan fingerprint density at radius 1 is 1.18 bits per heavy atom. The normalized spacial score (nSPS) is 18.7. The maximum Gasteiger partial charge on any atom is 0.417 e. The summed E-state index contributed by atoms with van der Waals surface area (Å²) in [5.74, 6) is 0.221. The first-order valence-electron chi connectivity index (χ1n) is 11.5. The number of halogens is 3. The second kappa shape index (κ2) is 9.91. The zero-order valence-corrected chi connectivity index (χ0v) is 19.2. The van der Waals surface area contributed by atoms with Crippen LogP contribution in [0.25, 0.3) is 11.3 Å². The Morgan fingerprint density at radius 2 is 2.00 bits per heavy atom. The van der Waals surface area contributed by atoms with E-state index in [0.717, 1.165) is 36.2 Å². The number of alkyl halides is 3. The molecule has 3 aromatic rings. The van der Waals surface area contributed by atoms with Crippen molar-refractivity contribution in [1.82, 2.24) is 20.1 Å². The summed E-state index contributed by atoms with van der Waals surface area (Å²) in [4.78, 5) is 19.7. The molecular weight excluding hydrogens is 441 g/mol. The summed E-state index contributed by atoms with van der Waals surface area (Å²) in [5, 5.41) is 8.15. The number of nitrogens with zero attached hydrogens (tertiary/aromatic N) is 4. The van der Waals surface area contributed by atoms with Gasteiger partial charge in [-0.2, -0.15) is 23.4 Å². The number of aryl methyl sites for hydroxylation is 2. The molecule has 8 heteroatoms. The van der Waals surface area contributed by atoms with E-state index >= 15 is 0 Å². The Bertz CT molecular complexity index is 1130. The van der Waals surface area contributed by atoms with Crippen molar-refractivity contribution in [3.8, 4) is 11.3 Å². The van der Waals surface area contributed by atoms with Crippen molar-refractivity contribution in [2.45, 2.75) is 51.7 Å². The van der Waals surface area contributed by atoms with E-state index < -0.39 is 11.7 Å². The molecule has 2 atom stereocenters. The minimum atomic E-state index is -4.40. The minimum absolute atomic E-state index is 0.0273. The zero-order valence-electron chi connectivity index (χ0n) is 19.2. The molecule has 4 rings (SSSR count). The first-order chi connectivity index (χ1) is 16.2. The van der Waals surface area contributed by atoms with Crippen LogP contribution in [0.3, 0.4) is 0 Å². The summed E-state index contributed by atoms with van der Waals surface area (Å²) < 4.78 is 38.5. The number of rotatable bonds is 5. The van der Waals surface area contributed by atoms with Gasteiger partial charge in [-0.1, -0.05) is 24.6 Å². The molecule has 0 saturated carbocycles. The van der Waals surface area contributed by atoms with E-state index in [1.54, 1.807) is 12.3 Å². The maximum absolute atomic E-state index is 13.8. The number of likely N-dealkylation sites (tertiary alicyclic amines) is 1. The Balaban J connectivity index is 1.57. The highest BCUT2D eigenvalue weighted by Crippen LogP contribution is 2.32. The molecule has 34 heavy (non-hydrogen) atoms. The molecule has 0 bridgehead atoms. The van der Waals surface area contributed by atoms with Crippen molar-refractivity contribution in [1.29, 1.82) is 0 Å². The third kappa shape index (κ3) is 5.26. The maximum atomic E-state index is 13.8. The largest absolute Gasteiger partial charge is 0.417 e. The van der Waals surface area contributed by atoms with Gasteiger partial charge in [0, 0.05) is 41.8 Å². The van der Waals surface area contributed by atoms with E-state index in [2.05, 4.69) is 22.1 Å². The lowest BCUT2D eigenvalue weighted by molar-refractivity contribution is -0.137. The average Bonchev–Trinajstić information content (AvgIpc) is 2.83. The summed E-state index contributed by atoms with van der Waals surface area (Å²) in [7, 11) is 0. The molecule has 0 unspecified atom stereocenters. The Hall–Kier alpha value is -3.29. The molecule has 1 aliphatic rings. The number of benzene rings is 1. The van der Waals surface area contributed by atoms with Crippen molar-refractivity contribution in [2.24, 2.45) is 5.92 Å². The van der Waals surface area contributed by atoms with E-state index in [4.69, 9.17) is 0 Å². The van der Waals surface area contributed by atoms with Crippen LogP contribution >= 0.6 is 0 Å². The van der Waals surface area contributed by atoms with E-state index in [9.17, 15) is 18.0 Å². The molecule has 5 nitrogen and oxygen atoms in total. The fourth-order valence-electron chi connectivity index (χ4n) is 4.64. The molecule has 0 spiro atoms. The fourth-order valence-corrected chi connectivity index (χ4v) is 4.64. The molecular formula is C26H27F3N4O. The molecule has 0 radical (unpaired) electrons. The van der Waals surface area contributed by atoms with Crippen LogP contribution in [-0.2, 0) is 12.6 Å². The van der Waals surface area contributed by atoms with Crippen LogP contribution in [0, 0.1) is 12.8 Å².